The fourth-order valence-electron chi connectivity index (χ4n) is 5.08. The summed E-state index contributed by atoms with van der Waals surface area (Å²) in [7, 11) is 1.57. The van der Waals surface area contributed by atoms with Gasteiger partial charge in [0.1, 0.15) is 17.4 Å². The van der Waals surface area contributed by atoms with E-state index in [0.29, 0.717) is 36.5 Å². The van der Waals surface area contributed by atoms with Gasteiger partial charge in [-0.25, -0.2) is 23.6 Å². The fourth-order valence-corrected chi connectivity index (χ4v) is 5.08. The van der Waals surface area contributed by atoms with Crippen molar-refractivity contribution in [3.8, 4) is 22.6 Å². The van der Waals surface area contributed by atoms with Crippen molar-refractivity contribution in [3.05, 3.63) is 64.6 Å². The predicted octanol–water partition coefficient (Wildman–Crippen LogP) is 4.33. The Bertz CT molecular complexity index is 1260. The summed E-state index contributed by atoms with van der Waals surface area (Å²) >= 11 is 0. The van der Waals surface area contributed by atoms with Gasteiger partial charge in [-0.1, -0.05) is 39.0 Å². The molecule has 0 spiro atoms. The lowest BCUT2D eigenvalue weighted by Gasteiger charge is -2.37. The van der Waals surface area contributed by atoms with E-state index in [1.54, 1.807) is 19.2 Å². The molecular weight excluding hydrogens is 439 g/mol. The van der Waals surface area contributed by atoms with Crippen molar-refractivity contribution in [1.82, 2.24) is 19.7 Å². The Labute approximate surface area is 197 Å². The van der Waals surface area contributed by atoms with Gasteiger partial charge in [0, 0.05) is 19.0 Å². The topological polar surface area (TPSA) is 100 Å². The molecule has 1 aromatic heterocycles. The summed E-state index contributed by atoms with van der Waals surface area (Å²) in [5.74, 6) is 0.431. The van der Waals surface area contributed by atoms with E-state index in [1.165, 1.54) is 15.5 Å². The molecule has 4 rings (SSSR count). The van der Waals surface area contributed by atoms with Crippen LogP contribution in [-0.4, -0.2) is 50.6 Å². The molecule has 9 heteroatoms. The van der Waals surface area contributed by atoms with Gasteiger partial charge >= 0.3 is 11.8 Å². The van der Waals surface area contributed by atoms with E-state index < -0.39 is 17.6 Å². The molecule has 0 radical (unpaired) electrons. The van der Waals surface area contributed by atoms with Gasteiger partial charge in [0.25, 0.3) is 0 Å². The molecule has 2 heterocycles. The van der Waals surface area contributed by atoms with Crippen LogP contribution in [0.2, 0.25) is 0 Å². The number of hydrogen-bond donors (Lipinski definition) is 2. The van der Waals surface area contributed by atoms with E-state index in [4.69, 9.17) is 4.74 Å². The summed E-state index contributed by atoms with van der Waals surface area (Å²) in [5.41, 5.74) is 0.699. The molecule has 2 N–H and O–H groups in total. The van der Waals surface area contributed by atoms with E-state index in [9.17, 15) is 14.7 Å². The lowest BCUT2D eigenvalue weighted by Crippen LogP contribution is -2.46. The summed E-state index contributed by atoms with van der Waals surface area (Å²) in [6.45, 7) is 6.42. The SMILES string of the molecule is COc1cccc(-c2ccc(-n3c(C[C@@H]4CCN(C(=O)O)C4C(C)(C)C)n[nH]c3=O)c(F)c2)c1. The summed E-state index contributed by atoms with van der Waals surface area (Å²) in [6.07, 6.45) is 0.0367. The maximum Gasteiger partial charge on any atom is 0.407 e. The average molecular weight is 469 g/mol. The van der Waals surface area contributed by atoms with Crippen LogP contribution in [0.1, 0.15) is 33.0 Å². The molecule has 1 aliphatic rings. The second kappa shape index (κ2) is 8.96. The monoisotopic (exact) mass is 468 g/mol. The molecule has 0 aliphatic carbocycles. The minimum atomic E-state index is -0.957. The third-order valence-electron chi connectivity index (χ3n) is 6.43. The van der Waals surface area contributed by atoms with Crippen molar-refractivity contribution in [2.75, 3.05) is 13.7 Å². The number of aromatic amines is 1. The highest BCUT2D eigenvalue weighted by molar-refractivity contribution is 5.67. The Balaban J connectivity index is 1.67. The van der Waals surface area contributed by atoms with E-state index in [1.807, 2.05) is 45.0 Å². The average Bonchev–Trinajstić information content (AvgIpc) is 3.38. The van der Waals surface area contributed by atoms with Gasteiger partial charge in [-0.05, 0) is 53.1 Å². The van der Waals surface area contributed by atoms with Crippen LogP contribution in [0.3, 0.4) is 0 Å². The number of rotatable bonds is 5. The Morgan fingerprint density at radius 2 is 1.97 bits per heavy atom. The minimum Gasteiger partial charge on any atom is -0.497 e. The summed E-state index contributed by atoms with van der Waals surface area (Å²) in [4.78, 5) is 25.8. The number of H-pyrrole nitrogens is 1. The number of aromatic nitrogens is 3. The molecule has 1 saturated heterocycles. The largest absolute Gasteiger partial charge is 0.497 e. The van der Waals surface area contributed by atoms with Crippen molar-refractivity contribution in [1.29, 1.82) is 0 Å². The number of carboxylic acid groups (broad SMARTS) is 1. The van der Waals surface area contributed by atoms with Crippen molar-refractivity contribution in [3.63, 3.8) is 0 Å². The number of nitrogens with one attached hydrogen (secondary N) is 1. The summed E-state index contributed by atoms with van der Waals surface area (Å²) < 4.78 is 21.8. The van der Waals surface area contributed by atoms with E-state index in [0.717, 1.165) is 5.56 Å². The number of halogens is 1. The predicted molar refractivity (Wildman–Crippen MR) is 126 cm³/mol. The van der Waals surface area contributed by atoms with E-state index >= 15 is 4.39 Å². The molecule has 1 unspecified atom stereocenters. The highest BCUT2D eigenvalue weighted by Gasteiger charge is 2.44. The maximum absolute atomic E-state index is 15.3. The van der Waals surface area contributed by atoms with Gasteiger partial charge in [-0.15, -0.1) is 0 Å². The second-order valence-corrected chi connectivity index (χ2v) is 9.72. The van der Waals surface area contributed by atoms with Crippen LogP contribution in [0.5, 0.6) is 5.75 Å². The first-order chi connectivity index (χ1) is 16.1. The first-order valence-electron chi connectivity index (χ1n) is 11.2. The highest BCUT2D eigenvalue weighted by Crippen LogP contribution is 2.38. The molecule has 1 amide bonds. The Morgan fingerprint density at radius 1 is 1.24 bits per heavy atom. The standard InChI is InChI=1S/C25H29FN4O4/c1-25(2,3)22-17(10-11-29(22)24(32)33)14-21-27-28-23(31)30(21)20-9-8-16(13-19(20)26)15-6-5-7-18(12-15)34-4/h5-9,12-13,17,22H,10-11,14H2,1-4H3,(H,28,31)(H,32,33)/t17-,22?/m0/s1. The number of hydrogen-bond acceptors (Lipinski definition) is 4. The van der Waals surface area contributed by atoms with Gasteiger partial charge in [0.2, 0.25) is 0 Å². The van der Waals surface area contributed by atoms with Crippen LogP contribution < -0.4 is 10.4 Å². The summed E-state index contributed by atoms with van der Waals surface area (Å²) in [5, 5.41) is 16.2. The third-order valence-corrected chi connectivity index (χ3v) is 6.43. The number of likely N-dealkylation sites (tertiary alicyclic amines) is 1. The molecule has 1 fully saturated rings. The van der Waals surface area contributed by atoms with Gasteiger partial charge in [0.05, 0.1) is 12.8 Å². The van der Waals surface area contributed by atoms with E-state index in [2.05, 4.69) is 10.2 Å². The maximum atomic E-state index is 15.3. The van der Waals surface area contributed by atoms with Crippen LogP contribution in [0, 0.1) is 17.2 Å². The number of amides is 1. The van der Waals surface area contributed by atoms with Crippen LogP contribution in [-0.2, 0) is 6.42 Å². The van der Waals surface area contributed by atoms with Crippen molar-refractivity contribution in [2.24, 2.45) is 11.3 Å². The molecule has 2 atom stereocenters. The smallest absolute Gasteiger partial charge is 0.407 e. The Kier molecular flexibility index (Phi) is 6.20. The lowest BCUT2D eigenvalue weighted by atomic mass is 9.78. The highest BCUT2D eigenvalue weighted by atomic mass is 19.1. The number of ether oxygens (including phenoxy) is 1. The number of methoxy groups -OCH3 is 1. The lowest BCUT2D eigenvalue weighted by molar-refractivity contribution is 0.0906. The second-order valence-electron chi connectivity index (χ2n) is 9.72. The van der Waals surface area contributed by atoms with Gasteiger partial charge in [-0.3, -0.25) is 0 Å². The molecule has 0 bridgehead atoms. The fraction of sp³-hybridized carbons (Fsp3) is 0.400. The normalized spacial score (nSPS) is 18.3. The molecule has 180 valence electrons. The molecule has 2 aromatic carbocycles. The van der Waals surface area contributed by atoms with Crippen molar-refractivity contribution >= 4 is 6.09 Å². The zero-order valence-electron chi connectivity index (χ0n) is 19.7. The molecule has 1 aliphatic heterocycles. The van der Waals surface area contributed by atoms with Crippen molar-refractivity contribution in [2.45, 2.75) is 39.7 Å². The number of benzene rings is 2. The first-order valence-corrected chi connectivity index (χ1v) is 11.2. The van der Waals surface area contributed by atoms with Gasteiger partial charge in [0.15, 0.2) is 0 Å². The van der Waals surface area contributed by atoms with Crippen LogP contribution in [0.25, 0.3) is 16.8 Å². The van der Waals surface area contributed by atoms with Gasteiger partial charge < -0.3 is 14.7 Å². The third kappa shape index (κ3) is 4.42. The van der Waals surface area contributed by atoms with Crippen LogP contribution >= 0.6 is 0 Å². The zero-order valence-corrected chi connectivity index (χ0v) is 19.7. The first kappa shape index (κ1) is 23.5. The Morgan fingerprint density at radius 3 is 2.62 bits per heavy atom. The quantitative estimate of drug-likeness (QED) is 0.581. The summed E-state index contributed by atoms with van der Waals surface area (Å²) in [6, 6.07) is 11.7. The number of carbonyl (C=O) groups is 1. The molecule has 8 nitrogen and oxygen atoms in total. The van der Waals surface area contributed by atoms with Crippen molar-refractivity contribution < 1.29 is 19.0 Å². The Hall–Kier alpha value is -3.62. The van der Waals surface area contributed by atoms with E-state index in [-0.39, 0.29) is 23.1 Å². The number of nitrogens with zero attached hydrogens (tertiary/aromatic N) is 3. The zero-order chi connectivity index (χ0) is 24.6. The van der Waals surface area contributed by atoms with Crippen LogP contribution in [0.15, 0.2) is 47.3 Å². The molecule has 34 heavy (non-hydrogen) atoms. The van der Waals surface area contributed by atoms with Crippen LogP contribution in [0.4, 0.5) is 9.18 Å². The minimum absolute atomic E-state index is 0.0517. The van der Waals surface area contributed by atoms with Gasteiger partial charge in [-0.2, -0.15) is 5.10 Å². The molecular formula is C25H29FN4O4. The molecule has 0 saturated carbocycles. The molecule has 3 aromatic rings.